The molecule has 1 aliphatic heterocycles. The standard InChI is InChI=1S/C15H20N2O2/c1-10(2)16-7-15(8-18-9-15)12-4-5-14-13(6-12)17-11(3)19-14/h4-6,10,16H,7-9H2,1-3H3. The fourth-order valence-corrected chi connectivity index (χ4v) is 2.49. The van der Waals surface area contributed by atoms with Crippen LogP contribution in [0.3, 0.4) is 0 Å². The number of oxazole rings is 1. The number of benzene rings is 1. The molecule has 1 aromatic carbocycles. The Labute approximate surface area is 113 Å². The highest BCUT2D eigenvalue weighted by Crippen LogP contribution is 2.33. The smallest absolute Gasteiger partial charge is 0.192 e. The van der Waals surface area contributed by atoms with E-state index in [1.807, 2.05) is 13.0 Å². The van der Waals surface area contributed by atoms with Gasteiger partial charge in [-0.1, -0.05) is 19.9 Å². The van der Waals surface area contributed by atoms with E-state index in [0.717, 1.165) is 30.9 Å². The Balaban J connectivity index is 1.92. The molecule has 2 heterocycles. The van der Waals surface area contributed by atoms with Gasteiger partial charge in [-0.25, -0.2) is 4.98 Å². The molecule has 19 heavy (non-hydrogen) atoms. The zero-order chi connectivity index (χ0) is 13.5. The second kappa shape index (κ2) is 4.62. The van der Waals surface area contributed by atoms with Crippen LogP contribution in [0, 0.1) is 6.92 Å². The summed E-state index contributed by atoms with van der Waals surface area (Å²) in [6.07, 6.45) is 0. The summed E-state index contributed by atoms with van der Waals surface area (Å²) in [4.78, 5) is 4.41. The lowest BCUT2D eigenvalue weighted by atomic mass is 9.78. The van der Waals surface area contributed by atoms with E-state index in [1.165, 1.54) is 5.56 Å². The van der Waals surface area contributed by atoms with Gasteiger partial charge in [-0.2, -0.15) is 0 Å². The summed E-state index contributed by atoms with van der Waals surface area (Å²) in [6, 6.07) is 6.77. The van der Waals surface area contributed by atoms with Crippen molar-refractivity contribution in [2.45, 2.75) is 32.2 Å². The summed E-state index contributed by atoms with van der Waals surface area (Å²) < 4.78 is 11.0. The molecule has 1 aromatic heterocycles. The summed E-state index contributed by atoms with van der Waals surface area (Å²) >= 11 is 0. The molecule has 0 amide bonds. The van der Waals surface area contributed by atoms with E-state index in [0.29, 0.717) is 11.9 Å². The van der Waals surface area contributed by atoms with Crippen LogP contribution in [-0.2, 0) is 10.2 Å². The lowest BCUT2D eigenvalue weighted by Gasteiger charge is -2.42. The van der Waals surface area contributed by atoms with Gasteiger partial charge in [0, 0.05) is 19.5 Å². The highest BCUT2D eigenvalue weighted by molar-refractivity contribution is 5.74. The SMILES string of the molecule is Cc1nc2cc(C3(CNC(C)C)COC3)ccc2o1. The summed E-state index contributed by atoms with van der Waals surface area (Å²) in [5, 5.41) is 3.52. The van der Waals surface area contributed by atoms with Crippen LogP contribution in [0.25, 0.3) is 11.1 Å². The molecule has 4 heteroatoms. The molecule has 3 rings (SSSR count). The molecule has 0 unspecified atom stereocenters. The summed E-state index contributed by atoms with van der Waals surface area (Å²) in [5.41, 5.74) is 3.16. The van der Waals surface area contributed by atoms with Gasteiger partial charge in [0.05, 0.1) is 18.6 Å². The van der Waals surface area contributed by atoms with Crippen molar-refractivity contribution in [3.63, 3.8) is 0 Å². The number of rotatable bonds is 4. The zero-order valence-electron chi connectivity index (χ0n) is 11.7. The van der Waals surface area contributed by atoms with Crippen LogP contribution < -0.4 is 5.32 Å². The van der Waals surface area contributed by atoms with E-state index < -0.39 is 0 Å². The molecular weight excluding hydrogens is 240 g/mol. The van der Waals surface area contributed by atoms with E-state index in [1.54, 1.807) is 0 Å². The molecule has 0 saturated carbocycles. The quantitative estimate of drug-likeness (QED) is 0.917. The highest BCUT2D eigenvalue weighted by atomic mass is 16.5. The van der Waals surface area contributed by atoms with Crippen molar-refractivity contribution in [3.8, 4) is 0 Å². The van der Waals surface area contributed by atoms with Gasteiger partial charge < -0.3 is 14.5 Å². The summed E-state index contributed by atoms with van der Waals surface area (Å²) in [6.45, 7) is 8.69. The fraction of sp³-hybridized carbons (Fsp3) is 0.533. The van der Waals surface area contributed by atoms with Crippen LogP contribution in [0.15, 0.2) is 22.6 Å². The van der Waals surface area contributed by atoms with Gasteiger partial charge in [-0.3, -0.25) is 0 Å². The number of nitrogens with one attached hydrogen (secondary N) is 1. The second-order valence-corrected chi connectivity index (χ2v) is 5.72. The Morgan fingerprint density at radius 3 is 2.79 bits per heavy atom. The molecule has 0 aliphatic carbocycles. The van der Waals surface area contributed by atoms with Crippen LogP contribution in [-0.4, -0.2) is 30.8 Å². The lowest BCUT2D eigenvalue weighted by molar-refractivity contribution is -0.0596. The first-order chi connectivity index (χ1) is 9.09. The van der Waals surface area contributed by atoms with Crippen LogP contribution in [0.4, 0.5) is 0 Å². The van der Waals surface area contributed by atoms with E-state index in [4.69, 9.17) is 9.15 Å². The van der Waals surface area contributed by atoms with Gasteiger partial charge in [0.2, 0.25) is 0 Å². The molecule has 0 atom stereocenters. The minimum Gasteiger partial charge on any atom is -0.441 e. The number of hydrogen-bond donors (Lipinski definition) is 1. The second-order valence-electron chi connectivity index (χ2n) is 5.72. The number of nitrogens with zero attached hydrogens (tertiary/aromatic N) is 1. The van der Waals surface area contributed by atoms with Crippen LogP contribution in [0.2, 0.25) is 0 Å². The Kier molecular flexibility index (Phi) is 3.07. The molecule has 102 valence electrons. The average Bonchev–Trinajstić information content (AvgIpc) is 2.66. The van der Waals surface area contributed by atoms with E-state index in [2.05, 4.69) is 36.3 Å². The van der Waals surface area contributed by atoms with Crippen molar-refractivity contribution < 1.29 is 9.15 Å². The predicted octanol–water partition coefficient (Wildman–Crippen LogP) is 2.40. The largest absolute Gasteiger partial charge is 0.441 e. The van der Waals surface area contributed by atoms with Crippen molar-refractivity contribution in [2.24, 2.45) is 0 Å². The average molecular weight is 260 g/mol. The van der Waals surface area contributed by atoms with Crippen molar-refractivity contribution in [3.05, 3.63) is 29.7 Å². The molecule has 1 saturated heterocycles. The van der Waals surface area contributed by atoms with Crippen molar-refractivity contribution in [1.29, 1.82) is 0 Å². The van der Waals surface area contributed by atoms with Crippen molar-refractivity contribution in [2.75, 3.05) is 19.8 Å². The topological polar surface area (TPSA) is 47.3 Å². The zero-order valence-corrected chi connectivity index (χ0v) is 11.7. The Bertz CT molecular complexity index is 585. The number of ether oxygens (including phenoxy) is 1. The molecule has 0 bridgehead atoms. The third kappa shape index (κ3) is 2.26. The number of aryl methyl sites for hydroxylation is 1. The Hall–Kier alpha value is -1.39. The number of hydrogen-bond acceptors (Lipinski definition) is 4. The summed E-state index contributed by atoms with van der Waals surface area (Å²) in [5.74, 6) is 0.714. The van der Waals surface area contributed by atoms with E-state index in [9.17, 15) is 0 Å². The van der Waals surface area contributed by atoms with Crippen molar-refractivity contribution >= 4 is 11.1 Å². The Morgan fingerprint density at radius 2 is 2.16 bits per heavy atom. The number of aromatic nitrogens is 1. The van der Waals surface area contributed by atoms with Gasteiger partial charge in [0.15, 0.2) is 11.5 Å². The van der Waals surface area contributed by atoms with Crippen LogP contribution in [0.1, 0.15) is 25.3 Å². The Morgan fingerprint density at radius 1 is 1.37 bits per heavy atom. The maximum absolute atomic E-state index is 5.53. The maximum atomic E-state index is 5.53. The molecular formula is C15H20N2O2. The molecule has 1 aliphatic rings. The van der Waals surface area contributed by atoms with Crippen molar-refractivity contribution in [1.82, 2.24) is 10.3 Å². The number of fused-ring (bicyclic) bond motifs is 1. The van der Waals surface area contributed by atoms with Crippen LogP contribution in [0.5, 0.6) is 0 Å². The monoisotopic (exact) mass is 260 g/mol. The van der Waals surface area contributed by atoms with E-state index >= 15 is 0 Å². The summed E-state index contributed by atoms with van der Waals surface area (Å²) in [7, 11) is 0. The minimum absolute atomic E-state index is 0.0886. The van der Waals surface area contributed by atoms with Gasteiger partial charge >= 0.3 is 0 Å². The first-order valence-corrected chi connectivity index (χ1v) is 6.78. The normalized spacial score (nSPS) is 17.9. The van der Waals surface area contributed by atoms with Gasteiger partial charge in [0.1, 0.15) is 5.52 Å². The van der Waals surface area contributed by atoms with Gasteiger partial charge in [-0.05, 0) is 17.7 Å². The first kappa shape index (κ1) is 12.6. The highest BCUT2D eigenvalue weighted by Gasteiger charge is 2.40. The molecule has 4 nitrogen and oxygen atoms in total. The molecule has 0 spiro atoms. The maximum Gasteiger partial charge on any atom is 0.192 e. The minimum atomic E-state index is 0.0886. The third-order valence-electron chi connectivity index (χ3n) is 3.71. The van der Waals surface area contributed by atoms with E-state index in [-0.39, 0.29) is 5.41 Å². The van der Waals surface area contributed by atoms with Gasteiger partial charge in [-0.15, -0.1) is 0 Å². The molecule has 1 fully saturated rings. The van der Waals surface area contributed by atoms with Gasteiger partial charge in [0.25, 0.3) is 0 Å². The fourth-order valence-electron chi connectivity index (χ4n) is 2.49. The van der Waals surface area contributed by atoms with Crippen LogP contribution >= 0.6 is 0 Å². The predicted molar refractivity (Wildman–Crippen MR) is 74.4 cm³/mol. The molecule has 0 radical (unpaired) electrons. The molecule has 2 aromatic rings. The molecule has 1 N–H and O–H groups in total. The third-order valence-corrected chi connectivity index (χ3v) is 3.71. The first-order valence-electron chi connectivity index (χ1n) is 6.78. The lowest BCUT2D eigenvalue weighted by Crippen LogP contribution is -2.54.